The molecule has 0 radical (unpaired) electrons. The molecule has 0 aromatic carbocycles. The van der Waals surface area contributed by atoms with Crippen molar-refractivity contribution in [1.29, 1.82) is 0 Å². The molecule has 9 nitrogen and oxygen atoms in total. The van der Waals surface area contributed by atoms with Crippen molar-refractivity contribution in [3.8, 4) is 0 Å². The number of hydrogen-bond donors (Lipinski definition) is 2. The summed E-state index contributed by atoms with van der Waals surface area (Å²) >= 11 is 1.22. The smallest absolute Gasteiger partial charge is 0.413 e. The van der Waals surface area contributed by atoms with E-state index in [1.807, 2.05) is 0 Å². The highest BCUT2D eigenvalue weighted by molar-refractivity contribution is 7.13. The van der Waals surface area contributed by atoms with Gasteiger partial charge in [0.15, 0.2) is 5.13 Å². The summed E-state index contributed by atoms with van der Waals surface area (Å²) in [5.74, 6) is 0.552. The molecule has 2 heterocycles. The zero-order chi connectivity index (χ0) is 15.9. The maximum absolute atomic E-state index is 11.8. The number of carbonyl (C=O) groups excluding carboxylic acids is 2. The number of aromatic nitrogens is 3. The molecule has 2 rings (SSSR count). The summed E-state index contributed by atoms with van der Waals surface area (Å²) in [6.07, 6.45) is -0.478. The Labute approximate surface area is 130 Å². The SMILES string of the molecule is CCOC(=O)Nc1nc(CC(=O)NCc2nnc(C)o2)cs1. The Kier molecular flexibility index (Phi) is 5.42. The number of carbonyl (C=O) groups is 2. The van der Waals surface area contributed by atoms with E-state index in [2.05, 4.69) is 25.8 Å². The molecule has 2 amide bonds. The largest absolute Gasteiger partial charge is 0.450 e. The summed E-state index contributed by atoms with van der Waals surface area (Å²) in [5, 5.41) is 14.6. The Morgan fingerprint density at radius 3 is 2.91 bits per heavy atom. The van der Waals surface area contributed by atoms with Crippen LogP contribution in [0.4, 0.5) is 9.93 Å². The summed E-state index contributed by atoms with van der Waals surface area (Å²) in [6.45, 7) is 3.83. The predicted molar refractivity (Wildman–Crippen MR) is 77.3 cm³/mol. The van der Waals surface area contributed by atoms with Crippen molar-refractivity contribution in [3.63, 3.8) is 0 Å². The average molecular weight is 325 g/mol. The molecular formula is C12H15N5O4S. The molecule has 0 saturated carbocycles. The lowest BCUT2D eigenvalue weighted by Gasteiger charge is -2.01. The molecule has 118 valence electrons. The maximum Gasteiger partial charge on any atom is 0.413 e. The van der Waals surface area contributed by atoms with Crippen LogP contribution in [0, 0.1) is 6.92 Å². The lowest BCUT2D eigenvalue weighted by atomic mass is 10.3. The molecule has 0 fully saturated rings. The monoisotopic (exact) mass is 325 g/mol. The van der Waals surface area contributed by atoms with E-state index >= 15 is 0 Å². The fourth-order valence-corrected chi connectivity index (χ4v) is 2.21. The number of aryl methyl sites for hydroxylation is 1. The van der Waals surface area contributed by atoms with E-state index in [0.29, 0.717) is 22.6 Å². The summed E-state index contributed by atoms with van der Waals surface area (Å²) < 4.78 is 9.88. The standard InChI is InChI=1S/C12H15N5O4S/c1-3-20-12(19)15-11-14-8(6-22-11)4-9(18)13-5-10-17-16-7(2)21-10/h6H,3-5H2,1-2H3,(H,13,18)(H,14,15,19). The van der Waals surface area contributed by atoms with Gasteiger partial charge in [0, 0.05) is 12.3 Å². The van der Waals surface area contributed by atoms with Gasteiger partial charge in [0.1, 0.15) is 0 Å². The number of amides is 2. The second-order valence-corrected chi connectivity index (χ2v) is 5.02. The summed E-state index contributed by atoms with van der Waals surface area (Å²) in [7, 11) is 0. The van der Waals surface area contributed by atoms with Crippen molar-refractivity contribution in [1.82, 2.24) is 20.5 Å². The Balaban J connectivity index is 1.79. The van der Waals surface area contributed by atoms with Crippen LogP contribution in [0.5, 0.6) is 0 Å². The van der Waals surface area contributed by atoms with E-state index in [1.54, 1.807) is 19.2 Å². The van der Waals surface area contributed by atoms with E-state index in [0.717, 1.165) is 0 Å². The molecule has 0 atom stereocenters. The third kappa shape index (κ3) is 4.81. The van der Waals surface area contributed by atoms with E-state index in [9.17, 15) is 9.59 Å². The van der Waals surface area contributed by atoms with Gasteiger partial charge in [0.2, 0.25) is 17.7 Å². The predicted octanol–water partition coefficient (Wildman–Crippen LogP) is 1.26. The molecule has 22 heavy (non-hydrogen) atoms. The Bertz CT molecular complexity index is 653. The average Bonchev–Trinajstić information content (AvgIpc) is 3.06. The number of hydrogen-bond acceptors (Lipinski definition) is 8. The van der Waals surface area contributed by atoms with Crippen LogP contribution >= 0.6 is 11.3 Å². The highest BCUT2D eigenvalue weighted by atomic mass is 32.1. The number of thiazole rings is 1. The highest BCUT2D eigenvalue weighted by Crippen LogP contribution is 2.16. The normalized spacial score (nSPS) is 10.3. The minimum Gasteiger partial charge on any atom is -0.450 e. The van der Waals surface area contributed by atoms with Crippen molar-refractivity contribution in [3.05, 3.63) is 22.9 Å². The van der Waals surface area contributed by atoms with Crippen LogP contribution in [-0.4, -0.2) is 33.8 Å². The molecule has 10 heteroatoms. The first-order chi connectivity index (χ1) is 10.6. The Hall–Kier alpha value is -2.49. The second-order valence-electron chi connectivity index (χ2n) is 4.16. The minimum atomic E-state index is -0.570. The molecule has 0 bridgehead atoms. The lowest BCUT2D eigenvalue weighted by molar-refractivity contribution is -0.120. The van der Waals surface area contributed by atoms with Crippen LogP contribution in [-0.2, 0) is 22.5 Å². The van der Waals surface area contributed by atoms with Gasteiger partial charge in [-0.05, 0) is 6.92 Å². The van der Waals surface area contributed by atoms with Crippen molar-refractivity contribution in [2.75, 3.05) is 11.9 Å². The van der Waals surface area contributed by atoms with Crippen LogP contribution in [0.3, 0.4) is 0 Å². The molecule has 2 aromatic rings. The van der Waals surface area contributed by atoms with E-state index in [1.165, 1.54) is 11.3 Å². The van der Waals surface area contributed by atoms with Gasteiger partial charge in [0.25, 0.3) is 0 Å². The lowest BCUT2D eigenvalue weighted by Crippen LogP contribution is -2.24. The van der Waals surface area contributed by atoms with E-state index in [4.69, 9.17) is 9.15 Å². The molecule has 0 spiro atoms. The first-order valence-corrected chi connectivity index (χ1v) is 7.38. The molecule has 0 aliphatic heterocycles. The molecular weight excluding hydrogens is 310 g/mol. The molecule has 2 N–H and O–H groups in total. The van der Waals surface area contributed by atoms with Gasteiger partial charge in [-0.3, -0.25) is 10.1 Å². The zero-order valence-corrected chi connectivity index (χ0v) is 12.9. The van der Waals surface area contributed by atoms with E-state index in [-0.39, 0.29) is 25.5 Å². The van der Waals surface area contributed by atoms with Gasteiger partial charge in [-0.25, -0.2) is 9.78 Å². The Morgan fingerprint density at radius 2 is 2.23 bits per heavy atom. The second kappa shape index (κ2) is 7.50. The summed E-state index contributed by atoms with van der Waals surface area (Å²) in [5.41, 5.74) is 0.552. The zero-order valence-electron chi connectivity index (χ0n) is 12.1. The van der Waals surface area contributed by atoms with Gasteiger partial charge < -0.3 is 14.5 Å². The number of rotatable bonds is 6. The van der Waals surface area contributed by atoms with Crippen molar-refractivity contribution in [2.24, 2.45) is 0 Å². The van der Waals surface area contributed by atoms with Gasteiger partial charge >= 0.3 is 6.09 Å². The minimum absolute atomic E-state index is 0.0914. The van der Waals surface area contributed by atoms with Crippen molar-refractivity contribution >= 4 is 28.5 Å². The van der Waals surface area contributed by atoms with E-state index < -0.39 is 6.09 Å². The molecule has 0 saturated heterocycles. The maximum atomic E-state index is 11.8. The van der Waals surface area contributed by atoms with Gasteiger partial charge in [0.05, 0.1) is 25.3 Å². The van der Waals surface area contributed by atoms with Gasteiger partial charge in [-0.15, -0.1) is 21.5 Å². The Morgan fingerprint density at radius 1 is 1.41 bits per heavy atom. The fourth-order valence-electron chi connectivity index (χ4n) is 1.51. The van der Waals surface area contributed by atoms with Crippen molar-refractivity contribution in [2.45, 2.75) is 26.8 Å². The first kappa shape index (κ1) is 15.9. The molecule has 0 aliphatic rings. The number of anilines is 1. The van der Waals surface area contributed by atoms with Crippen LogP contribution in [0.1, 0.15) is 24.4 Å². The van der Waals surface area contributed by atoms with Gasteiger partial charge in [-0.1, -0.05) is 0 Å². The van der Waals surface area contributed by atoms with Crippen LogP contribution < -0.4 is 10.6 Å². The molecule has 0 aliphatic carbocycles. The highest BCUT2D eigenvalue weighted by Gasteiger charge is 2.11. The van der Waals surface area contributed by atoms with Crippen LogP contribution in [0.25, 0.3) is 0 Å². The summed E-state index contributed by atoms with van der Waals surface area (Å²) in [4.78, 5) is 27.1. The summed E-state index contributed by atoms with van der Waals surface area (Å²) in [6, 6.07) is 0. The quantitative estimate of drug-likeness (QED) is 0.820. The van der Waals surface area contributed by atoms with Crippen LogP contribution in [0.2, 0.25) is 0 Å². The van der Waals surface area contributed by atoms with Gasteiger partial charge in [-0.2, -0.15) is 0 Å². The number of nitrogens with one attached hydrogen (secondary N) is 2. The molecule has 0 unspecified atom stereocenters. The molecule has 2 aromatic heterocycles. The first-order valence-electron chi connectivity index (χ1n) is 6.50. The van der Waals surface area contributed by atoms with Crippen LogP contribution in [0.15, 0.2) is 9.80 Å². The third-order valence-electron chi connectivity index (χ3n) is 2.38. The van der Waals surface area contributed by atoms with Crippen molar-refractivity contribution < 1.29 is 18.7 Å². The number of ether oxygens (including phenoxy) is 1. The fraction of sp³-hybridized carbons (Fsp3) is 0.417. The third-order valence-corrected chi connectivity index (χ3v) is 3.19. The number of nitrogens with zero attached hydrogens (tertiary/aromatic N) is 3. The topological polar surface area (TPSA) is 119 Å².